The predicted molar refractivity (Wildman–Crippen MR) is 188 cm³/mol. The summed E-state index contributed by atoms with van der Waals surface area (Å²) in [4.78, 5) is 1.31. The summed E-state index contributed by atoms with van der Waals surface area (Å²) in [5, 5.41) is 10.6. The summed E-state index contributed by atoms with van der Waals surface area (Å²) >= 11 is 1.85. The van der Waals surface area contributed by atoms with Crippen molar-refractivity contribution in [3.63, 3.8) is 0 Å². The van der Waals surface area contributed by atoms with Crippen molar-refractivity contribution in [3.8, 4) is 16.1 Å². The summed E-state index contributed by atoms with van der Waals surface area (Å²) in [5.41, 5.74) is 4.91. The third-order valence-electron chi connectivity index (χ3n) is 8.62. The summed E-state index contributed by atoms with van der Waals surface area (Å²) in [6.45, 7) is 0. The first-order valence-electron chi connectivity index (χ1n) is 14.7. The van der Waals surface area contributed by atoms with E-state index in [2.05, 4.69) is 180 Å². The smallest absolute Gasteiger partial charge is 0.180 e. The first kappa shape index (κ1) is 25.7. The van der Waals surface area contributed by atoms with Gasteiger partial charge in [0.1, 0.15) is 0 Å². The van der Waals surface area contributed by atoms with Gasteiger partial charge in [0.2, 0.25) is 0 Å². The summed E-state index contributed by atoms with van der Waals surface area (Å²) in [7, 11) is -2.69. The minimum atomic E-state index is -2.69. The minimum Gasteiger partial charge on any atom is -0.309 e. The normalized spacial score (nSPS) is 11.7. The molecule has 0 N–H and O–H groups in total. The van der Waals surface area contributed by atoms with Crippen LogP contribution in [-0.2, 0) is 0 Å². The van der Waals surface area contributed by atoms with E-state index in [1.165, 1.54) is 58.7 Å². The fourth-order valence-electron chi connectivity index (χ4n) is 6.72. The second-order valence-corrected chi connectivity index (χ2v) is 15.7. The van der Waals surface area contributed by atoms with Crippen LogP contribution in [0.5, 0.6) is 0 Å². The first-order chi connectivity index (χ1) is 21.3. The zero-order valence-electron chi connectivity index (χ0n) is 23.6. The van der Waals surface area contributed by atoms with Crippen LogP contribution in [0, 0.1) is 0 Å². The molecule has 2 aromatic heterocycles. The molecule has 8 rings (SSSR count). The van der Waals surface area contributed by atoms with Crippen LogP contribution >= 0.6 is 11.3 Å². The molecular weight excluding hydrogens is 555 g/mol. The molecule has 0 fully saturated rings. The lowest BCUT2D eigenvalue weighted by Gasteiger charge is -2.33. The Bertz CT molecular complexity index is 2130. The zero-order valence-corrected chi connectivity index (χ0v) is 25.4. The predicted octanol–water partition coefficient (Wildman–Crippen LogP) is 7.89. The van der Waals surface area contributed by atoms with Crippen LogP contribution in [0.2, 0.25) is 0 Å². The Hall–Kier alpha value is -4.96. The molecule has 0 amide bonds. The van der Waals surface area contributed by atoms with Crippen LogP contribution in [0.15, 0.2) is 175 Å². The Kier molecular flexibility index (Phi) is 6.40. The fourth-order valence-corrected chi connectivity index (χ4v) is 12.9. The van der Waals surface area contributed by atoms with Crippen molar-refractivity contribution in [1.29, 1.82) is 0 Å². The van der Waals surface area contributed by atoms with E-state index in [1.807, 2.05) is 11.3 Å². The number of hydrogen-bond acceptors (Lipinski definition) is 1. The van der Waals surface area contributed by atoms with Gasteiger partial charge < -0.3 is 4.57 Å². The van der Waals surface area contributed by atoms with E-state index >= 15 is 0 Å². The maximum Gasteiger partial charge on any atom is 0.180 e. The van der Waals surface area contributed by atoms with Crippen molar-refractivity contribution in [2.24, 2.45) is 0 Å². The number of rotatable bonds is 6. The fraction of sp³-hybridized carbons (Fsp3) is 0. The minimum absolute atomic E-state index is 1.18. The van der Waals surface area contributed by atoms with Crippen molar-refractivity contribution in [1.82, 2.24) is 4.57 Å². The number of benzene rings is 6. The number of hydrogen-bond donors (Lipinski definition) is 0. The highest BCUT2D eigenvalue weighted by Crippen LogP contribution is 2.32. The van der Waals surface area contributed by atoms with Crippen LogP contribution in [0.4, 0.5) is 0 Å². The zero-order chi connectivity index (χ0) is 28.6. The molecule has 0 saturated heterocycles. The van der Waals surface area contributed by atoms with Gasteiger partial charge in [-0.05, 0) is 62.0 Å². The number of para-hydroxylation sites is 2. The summed E-state index contributed by atoms with van der Waals surface area (Å²) in [6.07, 6.45) is 0. The molecule has 0 unspecified atom stereocenters. The lowest BCUT2D eigenvalue weighted by Crippen LogP contribution is -2.74. The van der Waals surface area contributed by atoms with E-state index in [9.17, 15) is 0 Å². The quantitative estimate of drug-likeness (QED) is 0.139. The third-order valence-corrected chi connectivity index (χ3v) is 14.5. The third kappa shape index (κ3) is 4.20. The van der Waals surface area contributed by atoms with Crippen molar-refractivity contribution in [2.75, 3.05) is 0 Å². The Labute approximate surface area is 257 Å². The van der Waals surface area contributed by atoms with Crippen molar-refractivity contribution in [3.05, 3.63) is 175 Å². The number of nitrogens with zero attached hydrogens (tertiary/aromatic N) is 1. The maximum atomic E-state index is 2.50. The molecule has 0 spiro atoms. The molecule has 1 nitrogen and oxygen atoms in total. The van der Waals surface area contributed by atoms with E-state index in [4.69, 9.17) is 0 Å². The van der Waals surface area contributed by atoms with Crippen LogP contribution in [0.3, 0.4) is 0 Å². The van der Waals surface area contributed by atoms with E-state index in [0.717, 1.165) is 0 Å². The molecule has 3 heteroatoms. The van der Waals surface area contributed by atoms with E-state index in [0.29, 0.717) is 0 Å². The lowest BCUT2D eigenvalue weighted by molar-refractivity contribution is 1.18. The van der Waals surface area contributed by atoms with Crippen molar-refractivity contribution in [2.45, 2.75) is 0 Å². The van der Waals surface area contributed by atoms with Crippen LogP contribution < -0.4 is 20.7 Å². The van der Waals surface area contributed by atoms with Crippen molar-refractivity contribution < 1.29 is 0 Å². The molecule has 0 aliphatic rings. The Morgan fingerprint density at radius 2 is 0.977 bits per heavy atom. The Balaban J connectivity index is 1.46. The standard InChI is InChI=1S/C40H29NSSi/c1-5-15-30(16-6-1)40-28-35(29-42-40)43(32-19-9-3-10-20-32,33-21-11-4-12-22-33)34-25-26-39-37(27-34)36-23-13-14-24-38(36)41(39)31-17-7-2-8-18-31/h1-29H. The van der Waals surface area contributed by atoms with Crippen LogP contribution in [0.1, 0.15) is 0 Å². The van der Waals surface area contributed by atoms with Gasteiger partial charge in [-0.25, -0.2) is 0 Å². The van der Waals surface area contributed by atoms with Gasteiger partial charge >= 0.3 is 0 Å². The largest absolute Gasteiger partial charge is 0.309 e. The number of aromatic nitrogens is 1. The first-order valence-corrected chi connectivity index (χ1v) is 17.6. The maximum absolute atomic E-state index is 2.69. The molecule has 2 heterocycles. The number of thiophene rings is 1. The summed E-state index contributed by atoms with van der Waals surface area (Å²) in [5.74, 6) is 0. The SMILES string of the molecule is c1ccc(-c2cc([Si](c3ccccc3)(c3ccccc3)c3ccc4c(c3)c3ccccc3n4-c3ccccc3)cs2)cc1. The molecule has 204 valence electrons. The van der Waals surface area contributed by atoms with Crippen LogP contribution in [0.25, 0.3) is 37.9 Å². The van der Waals surface area contributed by atoms with Gasteiger partial charge in [-0.1, -0.05) is 140 Å². The molecule has 0 aliphatic carbocycles. The summed E-state index contributed by atoms with van der Waals surface area (Å²) in [6, 6.07) is 62.5. The van der Waals surface area contributed by atoms with E-state index < -0.39 is 8.07 Å². The van der Waals surface area contributed by atoms with E-state index in [1.54, 1.807) is 0 Å². The second-order valence-electron chi connectivity index (χ2n) is 11.0. The second kappa shape index (κ2) is 10.7. The summed E-state index contributed by atoms with van der Waals surface area (Å²) < 4.78 is 2.40. The van der Waals surface area contributed by atoms with Gasteiger partial charge in [-0.15, -0.1) is 11.3 Å². The molecular formula is C40H29NSSi. The Morgan fingerprint density at radius 1 is 0.419 bits per heavy atom. The average Bonchev–Trinajstić information content (AvgIpc) is 3.71. The molecule has 0 saturated carbocycles. The van der Waals surface area contributed by atoms with Gasteiger partial charge in [0.15, 0.2) is 8.07 Å². The topological polar surface area (TPSA) is 4.93 Å². The van der Waals surface area contributed by atoms with E-state index in [-0.39, 0.29) is 0 Å². The van der Waals surface area contributed by atoms with Gasteiger partial charge in [-0.3, -0.25) is 0 Å². The highest BCUT2D eigenvalue weighted by atomic mass is 32.1. The number of fused-ring (bicyclic) bond motifs is 3. The van der Waals surface area contributed by atoms with Gasteiger partial charge in [0.25, 0.3) is 0 Å². The van der Waals surface area contributed by atoms with Crippen molar-refractivity contribution >= 4 is 62.0 Å². The molecule has 0 aliphatic heterocycles. The van der Waals surface area contributed by atoms with Gasteiger partial charge in [0, 0.05) is 21.3 Å². The van der Waals surface area contributed by atoms with Gasteiger partial charge in [0.05, 0.1) is 11.0 Å². The molecule has 43 heavy (non-hydrogen) atoms. The Morgan fingerprint density at radius 3 is 1.65 bits per heavy atom. The monoisotopic (exact) mass is 583 g/mol. The highest BCUT2D eigenvalue weighted by molar-refractivity contribution is 7.23. The lowest BCUT2D eigenvalue weighted by atomic mass is 10.1. The molecule has 8 aromatic rings. The average molecular weight is 584 g/mol. The highest BCUT2D eigenvalue weighted by Gasteiger charge is 2.42. The molecule has 0 atom stereocenters. The molecule has 0 bridgehead atoms. The molecule has 6 aromatic carbocycles. The van der Waals surface area contributed by atoms with Crippen LogP contribution in [-0.4, -0.2) is 12.6 Å². The molecule has 0 radical (unpaired) electrons. The van der Waals surface area contributed by atoms with Gasteiger partial charge in [-0.2, -0.15) is 0 Å².